The number of guanidine groups is 1. The van der Waals surface area contributed by atoms with E-state index >= 15 is 0 Å². The number of rotatable bonds is 10. The van der Waals surface area contributed by atoms with E-state index in [1.54, 1.807) is 7.05 Å². The van der Waals surface area contributed by atoms with Crippen molar-refractivity contribution in [2.45, 2.75) is 26.7 Å². The summed E-state index contributed by atoms with van der Waals surface area (Å²) in [5.74, 6) is 2.44. The molecule has 1 fully saturated rings. The second kappa shape index (κ2) is 11.1. The van der Waals surface area contributed by atoms with Gasteiger partial charge in [0.05, 0.1) is 19.0 Å². The average molecular weight is 413 g/mol. The van der Waals surface area contributed by atoms with Crippen LogP contribution in [0.5, 0.6) is 11.5 Å². The first kappa shape index (κ1) is 22.3. The summed E-state index contributed by atoms with van der Waals surface area (Å²) in [6, 6.07) is 5.97. The van der Waals surface area contributed by atoms with E-state index in [2.05, 4.69) is 15.6 Å². The largest absolute Gasteiger partial charge is 0.490 e. The molecule has 158 valence electrons. The van der Waals surface area contributed by atoms with Crippen LogP contribution in [0.2, 0.25) is 0 Å². The van der Waals surface area contributed by atoms with Gasteiger partial charge in [0.25, 0.3) is 0 Å². The van der Waals surface area contributed by atoms with Crippen LogP contribution in [-0.2, 0) is 16.4 Å². The van der Waals surface area contributed by atoms with E-state index in [9.17, 15) is 8.42 Å². The molecule has 1 aromatic carbocycles. The van der Waals surface area contributed by atoms with Crippen LogP contribution >= 0.6 is 0 Å². The highest BCUT2D eigenvalue weighted by Crippen LogP contribution is 2.28. The lowest BCUT2D eigenvalue weighted by Crippen LogP contribution is -2.42. The predicted octanol–water partition coefficient (Wildman–Crippen LogP) is 1.23. The van der Waals surface area contributed by atoms with Gasteiger partial charge in [0.1, 0.15) is 0 Å². The van der Waals surface area contributed by atoms with Gasteiger partial charge in [0.2, 0.25) is 10.0 Å². The minimum atomic E-state index is -3.05. The van der Waals surface area contributed by atoms with Gasteiger partial charge in [-0.3, -0.25) is 4.99 Å². The molecule has 0 amide bonds. The number of hydrogen-bond acceptors (Lipinski definition) is 5. The normalized spacial score (nSPS) is 16.8. The second-order valence-electron chi connectivity index (χ2n) is 6.39. The molecule has 2 N–H and O–H groups in total. The topological polar surface area (TPSA) is 92.3 Å². The van der Waals surface area contributed by atoms with Crippen LogP contribution in [0.4, 0.5) is 0 Å². The monoisotopic (exact) mass is 412 g/mol. The van der Waals surface area contributed by atoms with E-state index in [0.29, 0.717) is 51.8 Å². The molecule has 0 radical (unpaired) electrons. The highest BCUT2D eigenvalue weighted by atomic mass is 32.2. The zero-order valence-corrected chi connectivity index (χ0v) is 17.8. The van der Waals surface area contributed by atoms with Crippen LogP contribution in [0.15, 0.2) is 23.2 Å². The van der Waals surface area contributed by atoms with Gasteiger partial charge in [-0.25, -0.2) is 12.7 Å². The number of hydrogen-bond donors (Lipinski definition) is 2. The molecule has 28 heavy (non-hydrogen) atoms. The van der Waals surface area contributed by atoms with Crippen molar-refractivity contribution in [3.05, 3.63) is 23.8 Å². The Morgan fingerprint density at radius 2 is 1.86 bits per heavy atom. The number of ether oxygens (including phenoxy) is 2. The molecule has 2 rings (SSSR count). The van der Waals surface area contributed by atoms with Gasteiger partial charge in [-0.2, -0.15) is 0 Å². The van der Waals surface area contributed by atoms with Crippen molar-refractivity contribution in [2.75, 3.05) is 52.2 Å². The molecule has 0 bridgehead atoms. The highest BCUT2D eigenvalue weighted by molar-refractivity contribution is 7.89. The molecule has 0 spiro atoms. The van der Waals surface area contributed by atoms with Crippen molar-refractivity contribution in [1.82, 2.24) is 14.9 Å². The summed E-state index contributed by atoms with van der Waals surface area (Å²) < 4.78 is 36.4. The zero-order valence-electron chi connectivity index (χ0n) is 17.0. The van der Waals surface area contributed by atoms with Crippen LogP contribution in [-0.4, -0.2) is 70.9 Å². The minimum absolute atomic E-state index is 0.256. The molecule has 9 heteroatoms. The van der Waals surface area contributed by atoms with E-state index in [1.165, 1.54) is 4.31 Å². The Labute approximate surface area is 168 Å². The maximum absolute atomic E-state index is 11.8. The summed E-state index contributed by atoms with van der Waals surface area (Å²) >= 11 is 0. The smallest absolute Gasteiger partial charge is 0.214 e. The number of nitrogens with zero attached hydrogens (tertiary/aromatic N) is 2. The van der Waals surface area contributed by atoms with Crippen LogP contribution in [0, 0.1) is 0 Å². The summed E-state index contributed by atoms with van der Waals surface area (Å²) in [4.78, 5) is 4.19. The third-order valence-electron chi connectivity index (χ3n) is 4.39. The molecule has 0 unspecified atom stereocenters. The molecule has 1 heterocycles. The van der Waals surface area contributed by atoms with E-state index in [0.717, 1.165) is 23.5 Å². The Balaban J connectivity index is 1.78. The van der Waals surface area contributed by atoms with Crippen LogP contribution in [0.3, 0.4) is 0 Å². The molecule has 8 nitrogen and oxygen atoms in total. The van der Waals surface area contributed by atoms with Gasteiger partial charge in [-0.05, 0) is 44.4 Å². The molecular formula is C19H32N4O4S. The van der Waals surface area contributed by atoms with Crippen molar-refractivity contribution in [3.8, 4) is 11.5 Å². The van der Waals surface area contributed by atoms with Gasteiger partial charge < -0.3 is 20.1 Å². The molecule has 0 aromatic heterocycles. The fourth-order valence-electron chi connectivity index (χ4n) is 3.04. The lowest BCUT2D eigenvalue weighted by atomic mass is 10.1. The van der Waals surface area contributed by atoms with Crippen molar-refractivity contribution >= 4 is 16.0 Å². The first-order valence-electron chi connectivity index (χ1n) is 9.81. The van der Waals surface area contributed by atoms with E-state index in [1.807, 2.05) is 32.0 Å². The average Bonchev–Trinajstić information content (AvgIpc) is 3.01. The zero-order chi connectivity index (χ0) is 20.4. The van der Waals surface area contributed by atoms with E-state index < -0.39 is 10.0 Å². The van der Waals surface area contributed by atoms with Gasteiger partial charge in [0, 0.05) is 33.2 Å². The van der Waals surface area contributed by atoms with Gasteiger partial charge in [0.15, 0.2) is 17.5 Å². The van der Waals surface area contributed by atoms with Gasteiger partial charge in [-0.15, -0.1) is 0 Å². The summed E-state index contributed by atoms with van der Waals surface area (Å²) in [6.07, 6.45) is 1.51. The van der Waals surface area contributed by atoms with E-state index in [-0.39, 0.29) is 5.75 Å². The van der Waals surface area contributed by atoms with Crippen LogP contribution in [0.25, 0.3) is 0 Å². The maximum Gasteiger partial charge on any atom is 0.214 e. The number of sulfonamides is 1. The Morgan fingerprint density at radius 3 is 2.50 bits per heavy atom. The molecule has 0 atom stereocenters. The summed E-state index contributed by atoms with van der Waals surface area (Å²) in [6.45, 7) is 7.37. The first-order chi connectivity index (χ1) is 13.5. The van der Waals surface area contributed by atoms with E-state index in [4.69, 9.17) is 9.47 Å². The minimum Gasteiger partial charge on any atom is -0.490 e. The lowest BCUT2D eigenvalue weighted by Gasteiger charge is -2.17. The standard InChI is InChI=1S/C19H32N4O4S/c1-4-26-17-8-7-16(15-18(17)27-5-2)9-10-21-19(20-3)22-11-13-23-12-6-14-28(23,24)25/h7-8,15H,4-6,9-14H2,1-3H3,(H2,20,21,22). The Bertz CT molecular complexity index is 752. The number of benzene rings is 1. The molecule has 1 saturated heterocycles. The third kappa shape index (κ3) is 6.56. The third-order valence-corrected chi connectivity index (χ3v) is 6.35. The Hall–Kier alpha value is -2.00. The van der Waals surface area contributed by atoms with Crippen LogP contribution < -0.4 is 20.1 Å². The Kier molecular flexibility index (Phi) is 8.85. The number of nitrogens with one attached hydrogen (secondary N) is 2. The summed E-state index contributed by atoms with van der Waals surface area (Å²) in [5, 5.41) is 6.42. The van der Waals surface area contributed by atoms with Crippen LogP contribution in [0.1, 0.15) is 25.8 Å². The fourth-order valence-corrected chi connectivity index (χ4v) is 4.57. The number of aliphatic imine (C=N–C) groups is 1. The van der Waals surface area contributed by atoms with Crippen molar-refractivity contribution in [2.24, 2.45) is 4.99 Å². The molecule has 1 aromatic rings. The van der Waals surface area contributed by atoms with Crippen molar-refractivity contribution in [1.29, 1.82) is 0 Å². The quantitative estimate of drug-likeness (QED) is 0.444. The van der Waals surface area contributed by atoms with Gasteiger partial charge >= 0.3 is 0 Å². The molecule has 1 aliphatic heterocycles. The molecule has 0 aliphatic carbocycles. The lowest BCUT2D eigenvalue weighted by molar-refractivity contribution is 0.287. The highest BCUT2D eigenvalue weighted by Gasteiger charge is 2.27. The molecule has 0 saturated carbocycles. The fraction of sp³-hybridized carbons (Fsp3) is 0.632. The molecular weight excluding hydrogens is 380 g/mol. The maximum atomic E-state index is 11.8. The Morgan fingerprint density at radius 1 is 1.14 bits per heavy atom. The summed E-state index contributed by atoms with van der Waals surface area (Å²) in [5.41, 5.74) is 1.14. The molecule has 1 aliphatic rings. The predicted molar refractivity (Wildman–Crippen MR) is 112 cm³/mol. The van der Waals surface area contributed by atoms with Crippen molar-refractivity contribution in [3.63, 3.8) is 0 Å². The van der Waals surface area contributed by atoms with Crippen molar-refractivity contribution < 1.29 is 17.9 Å². The second-order valence-corrected chi connectivity index (χ2v) is 8.48. The SMILES string of the molecule is CCOc1ccc(CCNC(=NC)NCCN2CCCS2(=O)=O)cc1OCC. The van der Waals surface area contributed by atoms with Gasteiger partial charge in [-0.1, -0.05) is 6.07 Å². The summed E-state index contributed by atoms with van der Waals surface area (Å²) in [7, 11) is -1.35. The first-order valence-corrected chi connectivity index (χ1v) is 11.4.